The van der Waals surface area contributed by atoms with E-state index in [1.54, 1.807) is 25.4 Å². The Bertz CT molecular complexity index is 1500. The van der Waals surface area contributed by atoms with Crippen molar-refractivity contribution in [1.82, 2.24) is 14.5 Å². The largest absolute Gasteiger partial charge is 0.495 e. The first-order valence-corrected chi connectivity index (χ1v) is 14.1. The van der Waals surface area contributed by atoms with Gasteiger partial charge in [0.2, 0.25) is 5.91 Å². The second kappa shape index (κ2) is 10.5. The van der Waals surface area contributed by atoms with Crippen molar-refractivity contribution < 1.29 is 19.1 Å². The summed E-state index contributed by atoms with van der Waals surface area (Å²) in [5.74, 6) is 2.27. The predicted molar refractivity (Wildman–Crippen MR) is 150 cm³/mol. The molecule has 2 saturated carbocycles. The summed E-state index contributed by atoms with van der Waals surface area (Å²) in [5, 5.41) is 13.3. The van der Waals surface area contributed by atoms with Crippen LogP contribution in [0.3, 0.4) is 0 Å². The molecule has 0 radical (unpaired) electrons. The van der Waals surface area contributed by atoms with Gasteiger partial charge in [0.15, 0.2) is 5.75 Å². The number of methoxy groups -OCH3 is 2. The molecular weight excluding hydrogens is 506 g/mol. The molecule has 2 aliphatic carbocycles. The molecule has 9 nitrogen and oxygen atoms in total. The molecule has 40 heavy (non-hydrogen) atoms. The number of pyridine rings is 1. The lowest BCUT2D eigenvalue weighted by Crippen LogP contribution is -2.46. The maximum absolute atomic E-state index is 13.2. The van der Waals surface area contributed by atoms with Gasteiger partial charge in [-0.1, -0.05) is 12.8 Å². The Morgan fingerprint density at radius 2 is 1.80 bits per heavy atom. The van der Waals surface area contributed by atoms with Crippen LogP contribution in [0.5, 0.6) is 11.5 Å². The number of hydrogen-bond donors (Lipinski definition) is 1. The number of aromatic nitrogens is 2. The van der Waals surface area contributed by atoms with E-state index < -0.39 is 0 Å². The SMILES string of the molecule is COc1ccc(C(=O)Nc2cnc3c(c([C@@H]4C5CC[C@H]4CN(C(=O)C4CCCC4)C5)cn3C)c2OC)cc1C#N. The van der Waals surface area contributed by atoms with Crippen molar-refractivity contribution in [2.75, 3.05) is 32.6 Å². The molecule has 6 rings (SSSR count). The molecule has 3 aromatic rings. The third kappa shape index (κ3) is 4.36. The standard InChI is InChI=1S/C31H35N5O4/c1-35-17-23(26-20-8-9-21(26)16-36(15-20)31(38)18-6-4-5-7-18)27-28(40-3)24(14-33-29(27)35)34-30(37)19-10-11-25(39-2)22(12-19)13-32/h10-12,14,17-18,20-21,26H,4-9,15-16H2,1-3H3,(H,34,37)/t20-,21?,26-/m0/s1. The predicted octanol–water partition coefficient (Wildman–Crippen LogP) is 4.86. The number of piperidine rings is 1. The van der Waals surface area contributed by atoms with Gasteiger partial charge in [-0.15, -0.1) is 0 Å². The number of hydrogen-bond acceptors (Lipinski definition) is 6. The summed E-state index contributed by atoms with van der Waals surface area (Å²) in [4.78, 5) is 33.3. The van der Waals surface area contributed by atoms with E-state index in [4.69, 9.17) is 14.5 Å². The molecule has 1 saturated heterocycles. The Kier molecular flexibility index (Phi) is 6.87. The molecule has 1 aliphatic heterocycles. The van der Waals surface area contributed by atoms with E-state index in [1.165, 1.54) is 31.6 Å². The number of nitrogens with zero attached hydrogens (tertiary/aromatic N) is 4. The van der Waals surface area contributed by atoms with Crippen molar-refractivity contribution >= 4 is 28.5 Å². The minimum atomic E-state index is -0.366. The molecule has 3 atom stereocenters. The Hall–Kier alpha value is -4.06. The highest BCUT2D eigenvalue weighted by atomic mass is 16.5. The molecule has 3 heterocycles. The number of carbonyl (C=O) groups is 2. The molecule has 2 amide bonds. The molecule has 1 aromatic carbocycles. The molecule has 3 fully saturated rings. The summed E-state index contributed by atoms with van der Waals surface area (Å²) in [6, 6.07) is 6.82. The number of likely N-dealkylation sites (tertiary alicyclic amines) is 1. The van der Waals surface area contributed by atoms with Crippen molar-refractivity contribution in [3.63, 3.8) is 0 Å². The van der Waals surface area contributed by atoms with Crippen LogP contribution >= 0.6 is 0 Å². The van der Waals surface area contributed by atoms with Gasteiger partial charge in [-0.3, -0.25) is 9.59 Å². The van der Waals surface area contributed by atoms with Crippen LogP contribution in [0, 0.1) is 29.1 Å². The topological polar surface area (TPSA) is 109 Å². The maximum atomic E-state index is 13.2. The van der Waals surface area contributed by atoms with Gasteiger partial charge in [0.05, 0.1) is 31.4 Å². The lowest BCUT2D eigenvalue weighted by Gasteiger charge is -2.39. The second-order valence-corrected chi connectivity index (χ2v) is 11.4. The van der Waals surface area contributed by atoms with Gasteiger partial charge in [0.25, 0.3) is 5.91 Å². The van der Waals surface area contributed by atoms with Crippen LogP contribution < -0.4 is 14.8 Å². The van der Waals surface area contributed by atoms with E-state index in [0.717, 1.165) is 49.8 Å². The van der Waals surface area contributed by atoms with E-state index in [2.05, 4.69) is 22.5 Å². The van der Waals surface area contributed by atoms with E-state index in [-0.39, 0.29) is 17.4 Å². The van der Waals surface area contributed by atoms with Gasteiger partial charge in [-0.25, -0.2) is 4.98 Å². The van der Waals surface area contributed by atoms with Crippen LogP contribution in [0.4, 0.5) is 5.69 Å². The Labute approximate surface area is 234 Å². The molecular formula is C31H35N5O4. The molecule has 1 unspecified atom stereocenters. The van der Waals surface area contributed by atoms with Crippen molar-refractivity contribution in [2.24, 2.45) is 24.8 Å². The van der Waals surface area contributed by atoms with Crippen molar-refractivity contribution in [1.29, 1.82) is 5.26 Å². The summed E-state index contributed by atoms with van der Waals surface area (Å²) in [5.41, 5.74) is 3.07. The Balaban J connectivity index is 1.31. The number of rotatable bonds is 6. The molecule has 2 bridgehead atoms. The first kappa shape index (κ1) is 26.2. The molecule has 1 N–H and O–H groups in total. The molecule has 3 aliphatic rings. The number of nitrogens with one attached hydrogen (secondary N) is 1. The second-order valence-electron chi connectivity index (χ2n) is 11.4. The van der Waals surface area contributed by atoms with E-state index >= 15 is 0 Å². The highest BCUT2D eigenvalue weighted by Gasteiger charge is 2.46. The highest BCUT2D eigenvalue weighted by Crippen LogP contribution is 2.52. The Morgan fingerprint density at radius 1 is 1.07 bits per heavy atom. The zero-order chi connectivity index (χ0) is 28.0. The van der Waals surface area contributed by atoms with Gasteiger partial charge in [-0.2, -0.15) is 5.26 Å². The number of benzene rings is 1. The van der Waals surface area contributed by atoms with Gasteiger partial charge in [0.1, 0.15) is 23.2 Å². The lowest BCUT2D eigenvalue weighted by atomic mass is 9.79. The smallest absolute Gasteiger partial charge is 0.255 e. The van der Waals surface area contributed by atoms with Crippen LogP contribution in [-0.4, -0.2) is 53.6 Å². The normalized spacial score (nSPS) is 22.4. The fraction of sp³-hybridized carbons (Fsp3) is 0.484. The van der Waals surface area contributed by atoms with Crippen molar-refractivity contribution in [2.45, 2.75) is 44.4 Å². The fourth-order valence-corrected chi connectivity index (χ4v) is 7.37. The Morgan fingerprint density at radius 3 is 2.45 bits per heavy atom. The first-order valence-electron chi connectivity index (χ1n) is 14.1. The summed E-state index contributed by atoms with van der Waals surface area (Å²) in [7, 11) is 5.08. The molecule has 0 spiro atoms. The summed E-state index contributed by atoms with van der Waals surface area (Å²) in [6.45, 7) is 1.61. The minimum absolute atomic E-state index is 0.207. The monoisotopic (exact) mass is 541 g/mol. The van der Waals surface area contributed by atoms with E-state index in [9.17, 15) is 14.9 Å². The van der Waals surface area contributed by atoms with Crippen molar-refractivity contribution in [3.8, 4) is 17.6 Å². The van der Waals surface area contributed by atoms with E-state index in [1.807, 2.05) is 11.6 Å². The van der Waals surface area contributed by atoms with Crippen LogP contribution in [0.25, 0.3) is 11.0 Å². The first-order chi connectivity index (χ1) is 19.4. The number of aryl methyl sites for hydroxylation is 1. The quantitative estimate of drug-likeness (QED) is 0.478. The van der Waals surface area contributed by atoms with Gasteiger partial charge < -0.3 is 24.3 Å². The van der Waals surface area contributed by atoms with Crippen LogP contribution in [0.2, 0.25) is 0 Å². The van der Waals surface area contributed by atoms with Crippen molar-refractivity contribution in [3.05, 3.63) is 47.3 Å². The fourth-order valence-electron chi connectivity index (χ4n) is 7.37. The average molecular weight is 542 g/mol. The number of carbonyl (C=O) groups excluding carboxylic acids is 2. The van der Waals surface area contributed by atoms with Crippen LogP contribution in [0.15, 0.2) is 30.6 Å². The van der Waals surface area contributed by atoms with Gasteiger partial charge in [0, 0.05) is 37.8 Å². The molecule has 2 aromatic heterocycles. The summed E-state index contributed by atoms with van der Waals surface area (Å²) >= 11 is 0. The third-order valence-electron chi connectivity index (χ3n) is 9.21. The molecule has 208 valence electrons. The zero-order valence-corrected chi connectivity index (χ0v) is 23.3. The van der Waals surface area contributed by atoms with Crippen LogP contribution in [-0.2, 0) is 11.8 Å². The number of ether oxygens (including phenoxy) is 2. The van der Waals surface area contributed by atoms with Gasteiger partial charge >= 0.3 is 0 Å². The minimum Gasteiger partial charge on any atom is -0.495 e. The lowest BCUT2D eigenvalue weighted by molar-refractivity contribution is -0.137. The average Bonchev–Trinajstić information content (AvgIpc) is 3.68. The number of anilines is 1. The highest BCUT2D eigenvalue weighted by molar-refractivity contribution is 6.07. The zero-order valence-electron chi connectivity index (χ0n) is 23.3. The summed E-state index contributed by atoms with van der Waals surface area (Å²) < 4.78 is 13.2. The molecule has 9 heteroatoms. The number of amides is 2. The van der Waals surface area contributed by atoms with E-state index in [0.29, 0.717) is 46.4 Å². The van der Waals surface area contributed by atoms with Gasteiger partial charge in [-0.05, 0) is 67.2 Å². The number of fused-ring (bicyclic) bond motifs is 3. The number of nitriles is 1. The summed E-state index contributed by atoms with van der Waals surface area (Å²) in [6.07, 6.45) is 10.4. The third-order valence-corrected chi connectivity index (χ3v) is 9.21. The maximum Gasteiger partial charge on any atom is 0.255 e. The van der Waals surface area contributed by atoms with Crippen LogP contribution in [0.1, 0.15) is 65.9 Å².